The Morgan fingerprint density at radius 1 is 0.683 bits per heavy atom. The lowest BCUT2D eigenvalue weighted by molar-refractivity contribution is 0.654. The summed E-state index contributed by atoms with van der Waals surface area (Å²) >= 11 is 0. The van der Waals surface area contributed by atoms with Gasteiger partial charge in [-0.2, -0.15) is 0 Å². The molecule has 0 unspecified atom stereocenters. The molecule has 2 aliphatic rings. The van der Waals surface area contributed by atoms with Gasteiger partial charge in [0.05, 0.1) is 16.5 Å². The largest absolute Gasteiger partial charge is 0.438 e. The van der Waals surface area contributed by atoms with Crippen molar-refractivity contribution in [2.45, 2.75) is 6.85 Å². The van der Waals surface area contributed by atoms with E-state index in [4.69, 9.17) is 8.53 Å². The normalized spacial score (nSPS) is 14.7. The van der Waals surface area contributed by atoms with Crippen LogP contribution >= 0.6 is 0 Å². The highest BCUT2D eigenvalue weighted by Gasteiger charge is 2.43. The number of hydrogen-bond donors (Lipinski definition) is 0. The van der Waals surface area contributed by atoms with Crippen molar-refractivity contribution in [2.75, 3.05) is 9.80 Å². The smallest absolute Gasteiger partial charge is 0.252 e. The standard InChI is InChI=1S/C36H24BN3O/c1-23-21-26-33-32(41-36(26)38-22-23)20-19-28-35(33)40(25-13-6-3-7-14-25)31-18-10-17-30-34(31)37(28)27-15-8-9-16-29(27)39(30)24-11-4-2-5-12-24/h2-22H,1H3/i1D3. The molecular formula is C36H24BN3O. The van der Waals surface area contributed by atoms with Crippen molar-refractivity contribution in [1.29, 1.82) is 0 Å². The fourth-order valence-electron chi connectivity index (χ4n) is 6.82. The van der Waals surface area contributed by atoms with Crippen LogP contribution in [0.5, 0.6) is 0 Å². The van der Waals surface area contributed by atoms with E-state index in [9.17, 15) is 0 Å². The molecule has 192 valence electrons. The van der Waals surface area contributed by atoms with Crippen molar-refractivity contribution in [3.8, 4) is 0 Å². The van der Waals surface area contributed by atoms with E-state index in [0.717, 1.165) is 45.0 Å². The van der Waals surface area contributed by atoms with Gasteiger partial charge in [-0.1, -0.05) is 66.7 Å². The molecule has 0 saturated carbocycles. The number of nitrogens with zero attached hydrogens (tertiary/aromatic N) is 3. The summed E-state index contributed by atoms with van der Waals surface area (Å²) < 4.78 is 30.5. The van der Waals surface area contributed by atoms with Gasteiger partial charge in [-0.25, -0.2) is 4.98 Å². The van der Waals surface area contributed by atoms with Gasteiger partial charge in [0.1, 0.15) is 5.58 Å². The summed E-state index contributed by atoms with van der Waals surface area (Å²) in [5.74, 6) is 0. The first-order chi connectivity index (χ1) is 21.5. The van der Waals surface area contributed by atoms with Crippen LogP contribution < -0.4 is 26.2 Å². The molecule has 0 atom stereocenters. The monoisotopic (exact) mass is 528 g/mol. The van der Waals surface area contributed by atoms with Gasteiger partial charge in [0.25, 0.3) is 6.71 Å². The summed E-state index contributed by atoms with van der Waals surface area (Å²) in [6.45, 7) is -2.34. The van der Waals surface area contributed by atoms with Crippen LogP contribution in [0.3, 0.4) is 0 Å². The van der Waals surface area contributed by atoms with E-state index in [2.05, 4.69) is 99.7 Å². The molecular weight excluding hydrogens is 501 g/mol. The highest BCUT2D eigenvalue weighted by molar-refractivity contribution is 7.00. The fraction of sp³-hybridized carbons (Fsp3) is 0.0278. The van der Waals surface area contributed by atoms with E-state index in [1.54, 1.807) is 6.07 Å². The van der Waals surface area contributed by atoms with Gasteiger partial charge in [-0.15, -0.1) is 0 Å². The Bertz CT molecular complexity index is 2250. The van der Waals surface area contributed by atoms with Crippen molar-refractivity contribution in [1.82, 2.24) is 4.98 Å². The molecule has 7 aromatic rings. The van der Waals surface area contributed by atoms with Gasteiger partial charge in [0, 0.05) is 38.7 Å². The topological polar surface area (TPSA) is 32.5 Å². The molecule has 0 aliphatic carbocycles. The molecule has 41 heavy (non-hydrogen) atoms. The average molecular weight is 528 g/mol. The van der Waals surface area contributed by atoms with Crippen LogP contribution in [0.4, 0.5) is 34.1 Å². The van der Waals surface area contributed by atoms with E-state index in [0.29, 0.717) is 16.7 Å². The van der Waals surface area contributed by atoms with E-state index in [1.165, 1.54) is 17.1 Å². The number of para-hydroxylation sites is 3. The van der Waals surface area contributed by atoms with Crippen LogP contribution in [-0.4, -0.2) is 11.7 Å². The first-order valence-electron chi connectivity index (χ1n) is 15.3. The van der Waals surface area contributed by atoms with Gasteiger partial charge in [0.15, 0.2) is 0 Å². The number of anilines is 6. The second kappa shape index (κ2) is 8.36. The molecule has 4 heterocycles. The minimum atomic E-state index is -2.29. The molecule has 0 saturated heterocycles. The molecule has 0 bridgehead atoms. The van der Waals surface area contributed by atoms with Crippen molar-refractivity contribution >= 4 is 79.3 Å². The van der Waals surface area contributed by atoms with Gasteiger partial charge in [0.2, 0.25) is 5.71 Å². The second-order valence-corrected chi connectivity index (χ2v) is 10.6. The predicted molar refractivity (Wildman–Crippen MR) is 170 cm³/mol. The first-order valence-corrected chi connectivity index (χ1v) is 13.8. The maximum atomic E-state index is 8.08. The Hall–Kier alpha value is -5.29. The minimum absolute atomic E-state index is 0.0552. The van der Waals surface area contributed by atoms with Crippen molar-refractivity contribution in [2.24, 2.45) is 0 Å². The van der Waals surface area contributed by atoms with E-state index >= 15 is 0 Å². The Labute approximate surface area is 242 Å². The highest BCUT2D eigenvalue weighted by atomic mass is 16.3. The number of aryl methyl sites for hydroxylation is 1. The molecule has 2 aromatic heterocycles. The number of hydrogen-bond acceptors (Lipinski definition) is 4. The molecule has 0 fully saturated rings. The first kappa shape index (κ1) is 19.7. The number of benzene rings is 5. The average Bonchev–Trinajstić information content (AvgIpc) is 3.43. The van der Waals surface area contributed by atoms with Crippen molar-refractivity contribution in [3.63, 3.8) is 0 Å². The van der Waals surface area contributed by atoms with Gasteiger partial charge in [-0.05, 0) is 83.4 Å². The summed E-state index contributed by atoms with van der Waals surface area (Å²) in [7, 11) is 0. The Balaban J connectivity index is 1.43. The second-order valence-electron chi connectivity index (χ2n) is 10.6. The summed E-state index contributed by atoms with van der Waals surface area (Å²) in [5, 5.41) is 1.56. The maximum Gasteiger partial charge on any atom is 0.252 e. The summed E-state index contributed by atoms with van der Waals surface area (Å²) in [5.41, 5.74) is 11.3. The van der Waals surface area contributed by atoms with Crippen LogP contribution in [0.25, 0.3) is 22.1 Å². The number of rotatable bonds is 2. The third-order valence-electron chi connectivity index (χ3n) is 8.38. The number of fused-ring (bicyclic) bond motifs is 8. The predicted octanol–water partition coefficient (Wildman–Crippen LogP) is 7.37. The van der Waals surface area contributed by atoms with Crippen LogP contribution in [0.15, 0.2) is 132 Å². The molecule has 0 N–H and O–H groups in total. The summed E-state index contributed by atoms with van der Waals surface area (Å²) in [6.07, 6.45) is 1.40. The summed E-state index contributed by atoms with van der Waals surface area (Å²) in [4.78, 5) is 9.13. The maximum absolute atomic E-state index is 8.08. The summed E-state index contributed by atoms with van der Waals surface area (Å²) in [6, 6.07) is 41.9. The van der Waals surface area contributed by atoms with E-state index < -0.39 is 6.85 Å². The van der Waals surface area contributed by atoms with E-state index in [-0.39, 0.29) is 12.3 Å². The lowest BCUT2D eigenvalue weighted by Gasteiger charge is -2.44. The third kappa shape index (κ3) is 3.09. The molecule has 4 nitrogen and oxygen atoms in total. The lowest BCUT2D eigenvalue weighted by atomic mass is 9.33. The van der Waals surface area contributed by atoms with Crippen LogP contribution in [-0.2, 0) is 0 Å². The zero-order chi connectivity index (χ0) is 29.6. The van der Waals surface area contributed by atoms with Crippen LogP contribution in [0.2, 0.25) is 0 Å². The fourth-order valence-corrected chi connectivity index (χ4v) is 6.82. The third-order valence-corrected chi connectivity index (χ3v) is 8.38. The Morgan fingerprint density at radius 2 is 1.37 bits per heavy atom. The Kier molecular flexibility index (Phi) is 4.02. The molecule has 0 spiro atoms. The minimum Gasteiger partial charge on any atom is -0.438 e. The zero-order valence-electron chi connectivity index (χ0n) is 25.0. The molecule has 0 amide bonds. The molecule has 5 aromatic carbocycles. The highest BCUT2D eigenvalue weighted by Crippen LogP contribution is 2.47. The van der Waals surface area contributed by atoms with Crippen LogP contribution in [0, 0.1) is 6.85 Å². The molecule has 9 rings (SSSR count). The number of furan rings is 1. The molecule has 0 radical (unpaired) electrons. The number of aromatic nitrogens is 1. The van der Waals surface area contributed by atoms with Crippen molar-refractivity contribution < 1.29 is 8.53 Å². The lowest BCUT2D eigenvalue weighted by Crippen LogP contribution is -2.61. The SMILES string of the molecule is [2H]C([2H])([2H])c1cnc2oc3ccc4c(c3c2c1)N(c1ccccc1)c1cccc2c1B4c1ccccc1N2c1ccccc1. The van der Waals surface area contributed by atoms with Gasteiger partial charge in [-0.3, -0.25) is 0 Å². The van der Waals surface area contributed by atoms with Gasteiger partial charge >= 0.3 is 0 Å². The molecule has 2 aliphatic heterocycles. The zero-order valence-corrected chi connectivity index (χ0v) is 22.0. The van der Waals surface area contributed by atoms with Gasteiger partial charge < -0.3 is 14.2 Å². The molecule has 5 heteroatoms. The number of pyridine rings is 1. The van der Waals surface area contributed by atoms with Crippen LogP contribution in [0.1, 0.15) is 9.68 Å². The quantitative estimate of drug-likeness (QED) is 0.219. The Morgan fingerprint density at radius 3 is 2.15 bits per heavy atom. The van der Waals surface area contributed by atoms with Crippen molar-refractivity contribution in [3.05, 3.63) is 133 Å². The van der Waals surface area contributed by atoms with E-state index in [1.807, 2.05) is 30.3 Å².